The third kappa shape index (κ3) is 8.00. The lowest BCUT2D eigenvalue weighted by molar-refractivity contribution is -0.140. The van der Waals surface area contributed by atoms with Crippen LogP contribution in [0, 0.1) is 6.92 Å². The van der Waals surface area contributed by atoms with Gasteiger partial charge in [-0.05, 0) is 81.3 Å². The molecule has 1 N–H and O–H groups in total. The molecule has 10 heteroatoms. The Kier molecular flexibility index (Phi) is 11.2. The number of carbonyl (C=O) groups excluding carboxylic acids is 2. The monoisotopic (exact) mass is 581 g/mol. The number of aryl methyl sites for hydroxylation is 1. The molecule has 1 atom stereocenters. The molecular formula is C31H39N3O6S. The van der Waals surface area contributed by atoms with Gasteiger partial charge < -0.3 is 19.7 Å². The quantitative estimate of drug-likeness (QED) is 0.300. The van der Waals surface area contributed by atoms with E-state index >= 15 is 0 Å². The first-order valence-corrected chi connectivity index (χ1v) is 15.1. The molecule has 2 amide bonds. The van der Waals surface area contributed by atoms with Crippen LogP contribution in [0.1, 0.15) is 38.3 Å². The molecule has 0 radical (unpaired) electrons. The number of nitrogens with zero attached hydrogens (tertiary/aromatic N) is 2. The van der Waals surface area contributed by atoms with Crippen molar-refractivity contribution in [2.45, 2.75) is 51.6 Å². The minimum absolute atomic E-state index is 0.0202. The van der Waals surface area contributed by atoms with Crippen LogP contribution >= 0.6 is 0 Å². The molecule has 220 valence electrons. The zero-order valence-electron chi connectivity index (χ0n) is 24.3. The van der Waals surface area contributed by atoms with Crippen LogP contribution in [0.15, 0.2) is 77.7 Å². The molecule has 0 fully saturated rings. The molecule has 0 bridgehead atoms. The van der Waals surface area contributed by atoms with Gasteiger partial charge in [-0.1, -0.05) is 36.8 Å². The highest BCUT2D eigenvalue weighted by Crippen LogP contribution is 2.27. The molecule has 0 aliphatic heterocycles. The number of rotatable bonds is 14. The number of anilines is 1. The Morgan fingerprint density at radius 2 is 1.49 bits per heavy atom. The Hall–Kier alpha value is -4.05. The third-order valence-electron chi connectivity index (χ3n) is 6.57. The molecule has 0 heterocycles. The van der Waals surface area contributed by atoms with E-state index in [-0.39, 0.29) is 17.3 Å². The third-order valence-corrected chi connectivity index (χ3v) is 8.36. The number of amides is 2. The van der Waals surface area contributed by atoms with Crippen LogP contribution in [0.25, 0.3) is 0 Å². The van der Waals surface area contributed by atoms with E-state index in [1.807, 2.05) is 39.8 Å². The first kappa shape index (κ1) is 31.5. The molecule has 41 heavy (non-hydrogen) atoms. The van der Waals surface area contributed by atoms with Gasteiger partial charge in [-0.2, -0.15) is 0 Å². The molecular weight excluding hydrogens is 542 g/mol. The van der Waals surface area contributed by atoms with E-state index in [0.29, 0.717) is 36.8 Å². The fraction of sp³-hybridized carbons (Fsp3) is 0.355. The van der Waals surface area contributed by atoms with Crippen molar-refractivity contribution < 1.29 is 27.5 Å². The molecule has 0 aromatic heterocycles. The SMILES string of the molecule is CCNC(=O)[C@H](CC)N(Cc1ccc(OC)cc1)C(=O)CN(c1ccc(C)cc1)S(=O)(=O)c1ccc(OCC)cc1. The molecule has 3 rings (SSSR count). The highest BCUT2D eigenvalue weighted by molar-refractivity contribution is 7.92. The molecule has 3 aromatic carbocycles. The van der Waals surface area contributed by atoms with Crippen LogP contribution in [0.4, 0.5) is 5.69 Å². The smallest absolute Gasteiger partial charge is 0.264 e. The Morgan fingerprint density at radius 3 is 2.02 bits per heavy atom. The average molecular weight is 582 g/mol. The van der Waals surface area contributed by atoms with Crippen molar-refractivity contribution in [3.8, 4) is 11.5 Å². The van der Waals surface area contributed by atoms with Crippen LogP contribution in [0.5, 0.6) is 11.5 Å². The minimum atomic E-state index is -4.16. The van der Waals surface area contributed by atoms with Crippen molar-refractivity contribution in [1.82, 2.24) is 10.2 Å². The van der Waals surface area contributed by atoms with Gasteiger partial charge in [-0.15, -0.1) is 0 Å². The van der Waals surface area contributed by atoms with E-state index in [2.05, 4.69) is 5.32 Å². The van der Waals surface area contributed by atoms with Gasteiger partial charge in [0.1, 0.15) is 24.1 Å². The summed E-state index contributed by atoms with van der Waals surface area (Å²) in [7, 11) is -2.59. The lowest BCUT2D eigenvalue weighted by atomic mass is 10.1. The predicted octanol–water partition coefficient (Wildman–Crippen LogP) is 4.54. The maximum Gasteiger partial charge on any atom is 0.264 e. The Labute approximate surface area is 243 Å². The number of hydrogen-bond acceptors (Lipinski definition) is 6. The molecule has 0 saturated carbocycles. The van der Waals surface area contributed by atoms with Crippen molar-refractivity contribution in [2.24, 2.45) is 0 Å². The summed E-state index contributed by atoms with van der Waals surface area (Å²) in [4.78, 5) is 28.5. The summed E-state index contributed by atoms with van der Waals surface area (Å²) < 4.78 is 39.7. The molecule has 3 aromatic rings. The fourth-order valence-corrected chi connectivity index (χ4v) is 5.79. The first-order chi connectivity index (χ1) is 19.6. The van der Waals surface area contributed by atoms with Crippen LogP contribution < -0.4 is 19.1 Å². The maximum atomic E-state index is 14.0. The zero-order chi connectivity index (χ0) is 30.0. The number of hydrogen-bond donors (Lipinski definition) is 1. The van der Waals surface area contributed by atoms with E-state index < -0.39 is 28.5 Å². The molecule has 0 spiro atoms. The van der Waals surface area contributed by atoms with E-state index in [1.165, 1.54) is 17.0 Å². The number of likely N-dealkylation sites (N-methyl/N-ethyl adjacent to an activating group) is 1. The van der Waals surface area contributed by atoms with Crippen LogP contribution in [0.3, 0.4) is 0 Å². The number of methoxy groups -OCH3 is 1. The van der Waals surface area contributed by atoms with E-state index in [4.69, 9.17) is 9.47 Å². The number of sulfonamides is 1. The van der Waals surface area contributed by atoms with Crippen molar-refractivity contribution in [3.05, 3.63) is 83.9 Å². The second-order valence-electron chi connectivity index (χ2n) is 9.44. The largest absolute Gasteiger partial charge is 0.497 e. The highest BCUT2D eigenvalue weighted by Gasteiger charge is 2.33. The molecule has 0 unspecified atom stereocenters. The van der Waals surface area contributed by atoms with Crippen LogP contribution in [0.2, 0.25) is 0 Å². The number of ether oxygens (including phenoxy) is 2. The van der Waals surface area contributed by atoms with Crippen LogP contribution in [-0.2, 0) is 26.2 Å². The standard InChI is InChI=1S/C31H39N3O6S/c1-6-29(31(36)32-7-2)33(21-24-11-15-26(39-5)16-12-24)30(35)22-34(25-13-9-23(4)10-14-25)41(37,38)28-19-17-27(18-20-28)40-8-3/h9-20,29H,6-8,21-22H2,1-5H3,(H,32,36)/t29-/m0/s1. The predicted molar refractivity (Wildman–Crippen MR) is 160 cm³/mol. The second-order valence-corrected chi connectivity index (χ2v) is 11.3. The second kappa shape index (κ2) is 14.5. The summed E-state index contributed by atoms with van der Waals surface area (Å²) in [5.74, 6) is 0.402. The zero-order valence-corrected chi connectivity index (χ0v) is 25.1. The van der Waals surface area contributed by atoms with E-state index in [9.17, 15) is 18.0 Å². The van der Waals surface area contributed by atoms with E-state index in [1.54, 1.807) is 55.6 Å². The Bertz CT molecular complexity index is 1390. The van der Waals surface area contributed by atoms with Gasteiger partial charge in [-0.3, -0.25) is 13.9 Å². The van der Waals surface area contributed by atoms with Gasteiger partial charge in [0.05, 0.1) is 24.3 Å². The first-order valence-electron chi connectivity index (χ1n) is 13.7. The Balaban J connectivity index is 2.03. The summed E-state index contributed by atoms with van der Waals surface area (Å²) in [6, 6.07) is 19.4. The normalized spacial score (nSPS) is 11.8. The van der Waals surface area contributed by atoms with Crippen LogP contribution in [-0.4, -0.2) is 58.0 Å². The number of carbonyl (C=O) groups is 2. The van der Waals surface area contributed by atoms with Crippen molar-refractivity contribution in [3.63, 3.8) is 0 Å². The maximum absolute atomic E-state index is 14.0. The number of benzene rings is 3. The van der Waals surface area contributed by atoms with Gasteiger partial charge in [0.15, 0.2) is 0 Å². The highest BCUT2D eigenvalue weighted by atomic mass is 32.2. The molecule has 0 saturated heterocycles. The summed E-state index contributed by atoms with van der Waals surface area (Å²) >= 11 is 0. The van der Waals surface area contributed by atoms with Crippen molar-refractivity contribution >= 4 is 27.5 Å². The van der Waals surface area contributed by atoms with Gasteiger partial charge in [0.25, 0.3) is 10.0 Å². The summed E-state index contributed by atoms with van der Waals surface area (Å²) in [5.41, 5.74) is 2.06. The summed E-state index contributed by atoms with van der Waals surface area (Å²) in [6.45, 7) is 7.84. The van der Waals surface area contributed by atoms with Crippen molar-refractivity contribution in [1.29, 1.82) is 0 Å². The van der Waals surface area contributed by atoms with Gasteiger partial charge in [0.2, 0.25) is 11.8 Å². The van der Waals surface area contributed by atoms with Crippen molar-refractivity contribution in [2.75, 3.05) is 31.1 Å². The molecule has 0 aliphatic rings. The minimum Gasteiger partial charge on any atom is -0.497 e. The van der Waals surface area contributed by atoms with E-state index in [0.717, 1.165) is 15.4 Å². The molecule has 0 aliphatic carbocycles. The van der Waals surface area contributed by atoms with Gasteiger partial charge in [-0.25, -0.2) is 8.42 Å². The average Bonchev–Trinajstić information content (AvgIpc) is 2.97. The summed E-state index contributed by atoms with van der Waals surface area (Å²) in [6.07, 6.45) is 0.351. The fourth-order valence-electron chi connectivity index (χ4n) is 4.38. The molecule has 9 nitrogen and oxygen atoms in total. The lowest BCUT2D eigenvalue weighted by Gasteiger charge is -2.33. The lowest BCUT2D eigenvalue weighted by Crippen LogP contribution is -2.52. The summed E-state index contributed by atoms with van der Waals surface area (Å²) in [5, 5.41) is 2.80. The topological polar surface area (TPSA) is 105 Å². The van der Waals surface area contributed by atoms with Gasteiger partial charge in [0, 0.05) is 13.1 Å². The van der Waals surface area contributed by atoms with Gasteiger partial charge >= 0.3 is 0 Å². The number of nitrogens with one attached hydrogen (secondary N) is 1. The Morgan fingerprint density at radius 1 is 0.878 bits per heavy atom.